The third kappa shape index (κ3) is 4.90. The molecule has 0 fully saturated rings. The molecule has 29 heavy (non-hydrogen) atoms. The Morgan fingerprint density at radius 2 is 1.41 bits per heavy atom. The molecule has 0 saturated carbocycles. The molecule has 4 rings (SSSR count). The highest BCUT2D eigenvalue weighted by atomic mass is 35.5. The van der Waals surface area contributed by atoms with E-state index in [2.05, 4.69) is 15.6 Å². The van der Waals surface area contributed by atoms with Crippen LogP contribution in [0.5, 0.6) is 0 Å². The maximum Gasteiger partial charge on any atom is 0.192 e. The van der Waals surface area contributed by atoms with Crippen molar-refractivity contribution in [3.63, 3.8) is 0 Å². The molecule has 0 spiro atoms. The quantitative estimate of drug-likeness (QED) is 0.622. The van der Waals surface area contributed by atoms with Crippen molar-refractivity contribution in [2.75, 3.05) is 0 Å². The average molecular weight is 418 g/mol. The Morgan fingerprint density at radius 3 is 2.07 bits per heavy atom. The second kappa shape index (κ2) is 9.01. The molecule has 0 saturated heterocycles. The molecule has 150 valence electrons. The Labute approximate surface area is 173 Å². The summed E-state index contributed by atoms with van der Waals surface area (Å²) in [6.07, 6.45) is 0. The van der Waals surface area contributed by atoms with Crippen LogP contribution >= 0.6 is 12.4 Å². The number of halogens is 4. The molecule has 0 amide bonds. The smallest absolute Gasteiger partial charge is 0.192 e. The van der Waals surface area contributed by atoms with Gasteiger partial charge in [-0.2, -0.15) is 0 Å². The number of rotatable bonds is 4. The van der Waals surface area contributed by atoms with Crippen molar-refractivity contribution in [3.05, 3.63) is 107 Å². The van der Waals surface area contributed by atoms with Crippen LogP contribution in [0.1, 0.15) is 28.8 Å². The maximum absolute atomic E-state index is 13.7. The van der Waals surface area contributed by atoms with Gasteiger partial charge in [-0.1, -0.05) is 36.4 Å². The number of nitrogens with zero attached hydrogens (tertiary/aromatic N) is 1. The second-order valence-electron chi connectivity index (χ2n) is 6.63. The van der Waals surface area contributed by atoms with Crippen LogP contribution in [0, 0.1) is 17.5 Å². The van der Waals surface area contributed by atoms with Crippen LogP contribution < -0.4 is 10.6 Å². The molecule has 1 heterocycles. The van der Waals surface area contributed by atoms with E-state index in [-0.39, 0.29) is 35.9 Å². The van der Waals surface area contributed by atoms with E-state index in [4.69, 9.17) is 0 Å². The first kappa shape index (κ1) is 20.7. The fraction of sp³-hybridized carbons (Fsp3) is 0.136. The van der Waals surface area contributed by atoms with Crippen molar-refractivity contribution < 1.29 is 13.2 Å². The number of hydrogen-bond acceptors (Lipinski definition) is 3. The first-order valence-corrected chi connectivity index (χ1v) is 8.92. The highest BCUT2D eigenvalue weighted by Crippen LogP contribution is 2.36. The van der Waals surface area contributed by atoms with Gasteiger partial charge >= 0.3 is 0 Å². The zero-order valence-electron chi connectivity index (χ0n) is 15.3. The lowest BCUT2D eigenvalue weighted by Crippen LogP contribution is -2.35. The highest BCUT2D eigenvalue weighted by molar-refractivity contribution is 5.85. The van der Waals surface area contributed by atoms with Crippen molar-refractivity contribution in [1.82, 2.24) is 10.6 Å². The molecule has 2 unspecified atom stereocenters. The van der Waals surface area contributed by atoms with Gasteiger partial charge in [0.2, 0.25) is 0 Å². The van der Waals surface area contributed by atoms with Gasteiger partial charge in [0.05, 0.1) is 6.04 Å². The van der Waals surface area contributed by atoms with Gasteiger partial charge in [-0.25, -0.2) is 18.2 Å². The van der Waals surface area contributed by atoms with E-state index >= 15 is 0 Å². The van der Waals surface area contributed by atoms with Gasteiger partial charge in [0.1, 0.15) is 23.5 Å². The monoisotopic (exact) mass is 417 g/mol. The highest BCUT2D eigenvalue weighted by Gasteiger charge is 2.31. The summed E-state index contributed by atoms with van der Waals surface area (Å²) < 4.78 is 40.5. The molecule has 3 aromatic rings. The van der Waals surface area contributed by atoms with Crippen molar-refractivity contribution in [2.24, 2.45) is 4.99 Å². The van der Waals surface area contributed by atoms with Crippen LogP contribution in [0.2, 0.25) is 0 Å². The molecular formula is C22H19ClF3N3. The van der Waals surface area contributed by atoms with E-state index < -0.39 is 6.04 Å². The number of aliphatic imine (C=N–C) groups is 1. The summed E-state index contributed by atoms with van der Waals surface area (Å²) in [6.45, 7) is 0.442. The maximum atomic E-state index is 13.7. The van der Waals surface area contributed by atoms with Crippen molar-refractivity contribution in [3.8, 4) is 0 Å². The molecule has 7 heteroatoms. The zero-order valence-corrected chi connectivity index (χ0v) is 16.1. The fourth-order valence-corrected chi connectivity index (χ4v) is 3.29. The van der Waals surface area contributed by atoms with E-state index in [1.807, 2.05) is 6.07 Å². The number of benzene rings is 3. The molecule has 0 bridgehead atoms. The minimum absolute atomic E-state index is 0. The fourth-order valence-electron chi connectivity index (χ4n) is 3.29. The van der Waals surface area contributed by atoms with Gasteiger partial charge in [0.15, 0.2) is 5.96 Å². The average Bonchev–Trinajstić information content (AvgIpc) is 3.12. The van der Waals surface area contributed by atoms with Crippen molar-refractivity contribution in [1.29, 1.82) is 0 Å². The Balaban J connectivity index is 0.00000240. The summed E-state index contributed by atoms with van der Waals surface area (Å²) in [5.41, 5.74) is 2.30. The van der Waals surface area contributed by atoms with Crippen LogP contribution in [-0.2, 0) is 6.54 Å². The van der Waals surface area contributed by atoms with E-state index in [1.165, 1.54) is 36.4 Å². The summed E-state index contributed by atoms with van der Waals surface area (Å²) in [5, 5.41) is 6.43. The number of nitrogens with one attached hydrogen (secondary N) is 2. The Bertz CT molecular complexity index is 1010. The first-order valence-electron chi connectivity index (χ1n) is 8.92. The predicted molar refractivity (Wildman–Crippen MR) is 109 cm³/mol. The summed E-state index contributed by atoms with van der Waals surface area (Å²) in [4.78, 5) is 4.65. The minimum Gasteiger partial charge on any atom is -0.352 e. The van der Waals surface area contributed by atoms with E-state index in [0.29, 0.717) is 18.1 Å². The molecule has 1 aliphatic rings. The van der Waals surface area contributed by atoms with Crippen LogP contribution in [-0.4, -0.2) is 5.96 Å². The Morgan fingerprint density at radius 1 is 0.793 bits per heavy atom. The van der Waals surface area contributed by atoms with Crippen LogP contribution in [0.15, 0.2) is 77.8 Å². The Hall–Kier alpha value is -2.99. The van der Waals surface area contributed by atoms with E-state index in [1.54, 1.807) is 30.3 Å². The molecular weight excluding hydrogens is 399 g/mol. The molecule has 2 N–H and O–H groups in total. The second-order valence-corrected chi connectivity index (χ2v) is 6.63. The summed E-state index contributed by atoms with van der Waals surface area (Å²) >= 11 is 0. The van der Waals surface area contributed by atoms with Crippen molar-refractivity contribution in [2.45, 2.75) is 18.6 Å². The minimum atomic E-state index is -0.409. The number of guanidine groups is 1. The van der Waals surface area contributed by atoms with E-state index in [0.717, 1.165) is 11.1 Å². The lowest BCUT2D eigenvalue weighted by Gasteiger charge is -2.19. The van der Waals surface area contributed by atoms with Gasteiger partial charge in [-0.3, -0.25) is 0 Å². The summed E-state index contributed by atoms with van der Waals surface area (Å²) in [6, 6.07) is 17.9. The van der Waals surface area contributed by atoms with Crippen molar-refractivity contribution >= 4 is 18.4 Å². The largest absolute Gasteiger partial charge is 0.352 e. The van der Waals surface area contributed by atoms with Crippen LogP contribution in [0.3, 0.4) is 0 Å². The number of hydrogen-bond donors (Lipinski definition) is 2. The first-order chi connectivity index (χ1) is 13.6. The predicted octanol–water partition coefficient (Wildman–Crippen LogP) is 5.06. The third-order valence-corrected chi connectivity index (χ3v) is 4.65. The molecule has 0 radical (unpaired) electrons. The van der Waals surface area contributed by atoms with Gasteiger partial charge in [-0.05, 0) is 53.1 Å². The molecule has 2 atom stereocenters. The van der Waals surface area contributed by atoms with Crippen LogP contribution in [0.25, 0.3) is 0 Å². The zero-order chi connectivity index (χ0) is 19.5. The van der Waals surface area contributed by atoms with E-state index in [9.17, 15) is 13.2 Å². The molecule has 0 aliphatic carbocycles. The standard InChI is InChI=1S/C22H18F3N3.ClH/c23-17-9-7-14(8-10-17)13-26-22-27-20(15-3-1-5-18(24)11-15)21(28-22)16-4-2-6-19(25)12-16;/h1-12,20-21H,13H2,(H2,26,27,28);1H. The lowest BCUT2D eigenvalue weighted by molar-refractivity contribution is 0.554. The molecule has 3 nitrogen and oxygen atoms in total. The third-order valence-electron chi connectivity index (χ3n) is 4.65. The summed E-state index contributed by atoms with van der Waals surface area (Å²) in [7, 11) is 0. The topological polar surface area (TPSA) is 36.4 Å². The lowest BCUT2D eigenvalue weighted by atomic mass is 9.95. The van der Waals surface area contributed by atoms with Gasteiger partial charge in [0.25, 0.3) is 0 Å². The van der Waals surface area contributed by atoms with Gasteiger partial charge in [0, 0.05) is 6.54 Å². The molecule has 1 aliphatic heterocycles. The van der Waals surface area contributed by atoms with Crippen LogP contribution in [0.4, 0.5) is 13.2 Å². The Kier molecular flexibility index (Phi) is 6.44. The molecule has 0 aromatic heterocycles. The van der Waals surface area contributed by atoms with Gasteiger partial charge in [-0.15, -0.1) is 12.4 Å². The summed E-state index contributed by atoms with van der Waals surface area (Å²) in [5.74, 6) is -0.464. The van der Waals surface area contributed by atoms with Gasteiger partial charge < -0.3 is 10.6 Å². The molecule has 3 aromatic carbocycles. The normalized spacial score (nSPS) is 17.8. The SMILES string of the molecule is Cl.Fc1ccc(CNC2=NC(c3cccc(F)c3)C(c3cccc(F)c3)N2)cc1.